The Morgan fingerprint density at radius 2 is 2.05 bits per heavy atom. The number of non-ortho nitro benzene ring substituents is 1. The van der Waals surface area contributed by atoms with Crippen LogP contribution in [-0.2, 0) is 0 Å². The summed E-state index contributed by atoms with van der Waals surface area (Å²) in [5.41, 5.74) is 0.278. The van der Waals surface area contributed by atoms with E-state index in [1.807, 2.05) is 0 Å². The molecule has 2 aromatic rings. The molecule has 0 atom stereocenters. The van der Waals surface area contributed by atoms with Crippen LogP contribution in [0.2, 0.25) is 0 Å². The average molecular weight is 301 g/mol. The second-order valence-electron chi connectivity index (χ2n) is 4.42. The molecule has 0 aliphatic carbocycles. The number of nitrogens with one attached hydrogen (secondary N) is 1. The molecule has 22 heavy (non-hydrogen) atoms. The highest BCUT2D eigenvalue weighted by Gasteiger charge is 2.18. The third-order valence-electron chi connectivity index (χ3n) is 2.92. The van der Waals surface area contributed by atoms with Crippen LogP contribution < -0.4 is 5.32 Å². The lowest BCUT2D eigenvalue weighted by molar-refractivity contribution is -0.384. The predicted molar refractivity (Wildman–Crippen MR) is 77.0 cm³/mol. The van der Waals surface area contributed by atoms with Gasteiger partial charge in [0.2, 0.25) is 0 Å². The fraction of sp³-hybridized carbons (Fsp3) is 0.0714. The lowest BCUT2D eigenvalue weighted by Gasteiger charge is -2.09. The third-order valence-corrected chi connectivity index (χ3v) is 2.92. The zero-order valence-electron chi connectivity index (χ0n) is 11.4. The Bertz CT molecular complexity index is 773. The molecule has 112 valence electrons. The van der Waals surface area contributed by atoms with Crippen LogP contribution in [0, 0.1) is 17.0 Å². The third kappa shape index (κ3) is 3.06. The maximum absolute atomic E-state index is 12.1. The van der Waals surface area contributed by atoms with Gasteiger partial charge in [0, 0.05) is 24.0 Å². The molecule has 0 unspecified atom stereocenters. The molecule has 1 aromatic carbocycles. The SMILES string of the molecule is Cc1cc([N+](=O)[O-])ccc1NC(=O)c1ncccc1C(=O)O. The van der Waals surface area contributed by atoms with Crippen LogP contribution in [0.5, 0.6) is 0 Å². The van der Waals surface area contributed by atoms with E-state index in [0.29, 0.717) is 11.3 Å². The van der Waals surface area contributed by atoms with Gasteiger partial charge in [-0.3, -0.25) is 19.9 Å². The Morgan fingerprint density at radius 1 is 1.32 bits per heavy atom. The van der Waals surface area contributed by atoms with Crippen molar-refractivity contribution in [1.82, 2.24) is 4.98 Å². The van der Waals surface area contributed by atoms with Crippen LogP contribution >= 0.6 is 0 Å². The van der Waals surface area contributed by atoms with Gasteiger partial charge in [0.25, 0.3) is 11.6 Å². The molecular formula is C14H11N3O5. The van der Waals surface area contributed by atoms with Crippen LogP contribution in [0.25, 0.3) is 0 Å². The van der Waals surface area contributed by atoms with Crippen LogP contribution in [-0.4, -0.2) is 26.9 Å². The number of nitro groups is 1. The predicted octanol–water partition coefficient (Wildman–Crippen LogP) is 2.25. The van der Waals surface area contributed by atoms with Gasteiger partial charge in [-0.2, -0.15) is 0 Å². The summed E-state index contributed by atoms with van der Waals surface area (Å²) < 4.78 is 0. The first-order valence-electron chi connectivity index (χ1n) is 6.15. The molecule has 1 amide bonds. The minimum absolute atomic E-state index is 0.0976. The van der Waals surface area contributed by atoms with Crippen LogP contribution in [0.1, 0.15) is 26.4 Å². The number of nitrogens with zero attached hydrogens (tertiary/aromatic N) is 2. The highest BCUT2D eigenvalue weighted by Crippen LogP contribution is 2.22. The molecule has 0 fully saturated rings. The first-order chi connectivity index (χ1) is 10.4. The number of carbonyl (C=O) groups is 2. The van der Waals surface area contributed by atoms with Crippen molar-refractivity contribution in [3.63, 3.8) is 0 Å². The van der Waals surface area contributed by atoms with E-state index >= 15 is 0 Å². The van der Waals surface area contributed by atoms with Gasteiger partial charge < -0.3 is 10.4 Å². The molecule has 0 spiro atoms. The van der Waals surface area contributed by atoms with E-state index in [9.17, 15) is 19.7 Å². The zero-order chi connectivity index (χ0) is 16.3. The summed E-state index contributed by atoms with van der Waals surface area (Å²) in [5, 5.41) is 22.2. The van der Waals surface area contributed by atoms with E-state index in [0.717, 1.165) is 0 Å². The van der Waals surface area contributed by atoms with Crippen LogP contribution in [0.4, 0.5) is 11.4 Å². The highest BCUT2D eigenvalue weighted by molar-refractivity contribution is 6.09. The van der Waals surface area contributed by atoms with Gasteiger partial charge in [-0.05, 0) is 30.7 Å². The molecule has 0 radical (unpaired) electrons. The molecule has 8 nitrogen and oxygen atoms in total. The molecule has 1 aromatic heterocycles. The number of aromatic nitrogens is 1. The van der Waals surface area contributed by atoms with E-state index in [2.05, 4.69) is 10.3 Å². The quantitative estimate of drug-likeness (QED) is 0.659. The van der Waals surface area contributed by atoms with Crippen LogP contribution in [0.3, 0.4) is 0 Å². The number of benzene rings is 1. The zero-order valence-corrected chi connectivity index (χ0v) is 11.4. The Hall–Kier alpha value is -3.29. The molecule has 2 rings (SSSR count). The topological polar surface area (TPSA) is 122 Å². The number of nitro benzene ring substituents is 1. The normalized spacial score (nSPS) is 10.0. The summed E-state index contributed by atoms with van der Waals surface area (Å²) in [7, 11) is 0. The van der Waals surface area contributed by atoms with Crippen molar-refractivity contribution in [1.29, 1.82) is 0 Å². The van der Waals surface area contributed by atoms with Gasteiger partial charge >= 0.3 is 5.97 Å². The van der Waals surface area contributed by atoms with Gasteiger partial charge in [0.05, 0.1) is 10.5 Å². The lowest BCUT2D eigenvalue weighted by atomic mass is 10.1. The Balaban J connectivity index is 2.30. The van der Waals surface area contributed by atoms with Gasteiger partial charge in [0.15, 0.2) is 0 Å². The van der Waals surface area contributed by atoms with Crippen molar-refractivity contribution in [2.24, 2.45) is 0 Å². The molecule has 0 saturated carbocycles. The van der Waals surface area contributed by atoms with E-state index in [1.54, 1.807) is 6.92 Å². The van der Waals surface area contributed by atoms with E-state index in [1.165, 1.54) is 36.5 Å². The standard InChI is InChI=1S/C14H11N3O5/c1-8-7-9(17(21)22)4-5-11(8)16-13(18)12-10(14(19)20)3-2-6-15-12/h2-7H,1H3,(H,16,18)(H,19,20). The molecule has 0 bridgehead atoms. The van der Waals surface area contributed by atoms with Gasteiger partial charge in [-0.15, -0.1) is 0 Å². The maximum Gasteiger partial charge on any atom is 0.338 e. The number of carboxylic acids is 1. The molecule has 0 aliphatic heterocycles. The Morgan fingerprint density at radius 3 is 2.64 bits per heavy atom. The first-order valence-corrected chi connectivity index (χ1v) is 6.15. The average Bonchev–Trinajstić information content (AvgIpc) is 2.48. The number of hydrogen-bond donors (Lipinski definition) is 2. The first kappa shape index (κ1) is 15.1. The van der Waals surface area contributed by atoms with Crippen LogP contribution in [0.15, 0.2) is 36.5 Å². The minimum atomic E-state index is -1.27. The van der Waals surface area contributed by atoms with E-state index < -0.39 is 16.8 Å². The van der Waals surface area contributed by atoms with Crippen molar-refractivity contribution in [2.75, 3.05) is 5.32 Å². The number of rotatable bonds is 4. The second kappa shape index (κ2) is 6.00. The lowest BCUT2D eigenvalue weighted by Crippen LogP contribution is -2.18. The summed E-state index contributed by atoms with van der Waals surface area (Å²) in [6, 6.07) is 6.63. The van der Waals surface area contributed by atoms with Crippen molar-refractivity contribution in [3.8, 4) is 0 Å². The largest absolute Gasteiger partial charge is 0.478 e. The number of carbonyl (C=O) groups excluding carboxylic acids is 1. The van der Waals surface area contributed by atoms with Crippen molar-refractivity contribution < 1.29 is 19.6 Å². The Labute approximate surface area is 124 Å². The smallest absolute Gasteiger partial charge is 0.338 e. The van der Waals surface area contributed by atoms with Gasteiger partial charge in [-0.25, -0.2) is 4.79 Å². The summed E-state index contributed by atoms with van der Waals surface area (Å²) in [6.07, 6.45) is 1.31. The number of amides is 1. The molecule has 0 aliphatic rings. The molecule has 1 heterocycles. The summed E-state index contributed by atoms with van der Waals surface area (Å²) in [5.74, 6) is -1.96. The van der Waals surface area contributed by atoms with Crippen molar-refractivity contribution in [3.05, 3.63) is 63.5 Å². The van der Waals surface area contributed by atoms with Crippen molar-refractivity contribution >= 4 is 23.3 Å². The summed E-state index contributed by atoms with van der Waals surface area (Å²) >= 11 is 0. The molecule has 2 N–H and O–H groups in total. The second-order valence-corrected chi connectivity index (χ2v) is 4.42. The van der Waals surface area contributed by atoms with Gasteiger partial charge in [-0.1, -0.05) is 0 Å². The fourth-order valence-electron chi connectivity index (χ4n) is 1.84. The number of aromatic carboxylic acids is 1. The highest BCUT2D eigenvalue weighted by atomic mass is 16.6. The van der Waals surface area contributed by atoms with E-state index in [-0.39, 0.29) is 16.9 Å². The Kier molecular flexibility index (Phi) is 4.12. The minimum Gasteiger partial charge on any atom is -0.478 e. The number of hydrogen-bond acceptors (Lipinski definition) is 5. The molecular weight excluding hydrogens is 290 g/mol. The fourth-order valence-corrected chi connectivity index (χ4v) is 1.84. The summed E-state index contributed by atoms with van der Waals surface area (Å²) in [6.45, 7) is 1.60. The molecule has 8 heteroatoms. The number of aryl methyl sites for hydroxylation is 1. The maximum atomic E-state index is 12.1. The van der Waals surface area contributed by atoms with Gasteiger partial charge in [0.1, 0.15) is 5.69 Å². The number of anilines is 1. The number of pyridine rings is 1. The number of carboxylic acid groups (broad SMARTS) is 1. The van der Waals surface area contributed by atoms with Crippen molar-refractivity contribution in [2.45, 2.75) is 6.92 Å². The monoisotopic (exact) mass is 301 g/mol. The molecule has 0 saturated heterocycles. The summed E-state index contributed by atoms with van der Waals surface area (Å²) in [4.78, 5) is 37.1. The van der Waals surface area contributed by atoms with E-state index in [4.69, 9.17) is 5.11 Å².